The normalized spacial score (nSPS) is 16.2. The van der Waals surface area contributed by atoms with Gasteiger partial charge in [-0.2, -0.15) is 0 Å². The summed E-state index contributed by atoms with van der Waals surface area (Å²) in [5.74, 6) is 0.686. The number of aliphatic hydroxyl groups is 1. The number of carbonyl (C=O) groups is 1. The van der Waals surface area contributed by atoms with Crippen LogP contribution in [0.2, 0.25) is 0 Å². The van der Waals surface area contributed by atoms with Crippen LogP contribution >= 0.6 is 0 Å². The maximum Gasteiger partial charge on any atom is 0.221 e. The summed E-state index contributed by atoms with van der Waals surface area (Å²) < 4.78 is 6.94. The summed E-state index contributed by atoms with van der Waals surface area (Å²) in [7, 11) is 3.47. The Balaban J connectivity index is 1.53. The molecule has 10 heteroatoms. The molecule has 2 aromatic heterocycles. The van der Waals surface area contributed by atoms with Gasteiger partial charge < -0.3 is 20.5 Å². The Hall–Kier alpha value is -3.79. The van der Waals surface area contributed by atoms with Crippen LogP contribution in [0.15, 0.2) is 48.3 Å². The molecule has 1 aliphatic carbocycles. The van der Waals surface area contributed by atoms with Gasteiger partial charge in [0.1, 0.15) is 28.9 Å². The summed E-state index contributed by atoms with van der Waals surface area (Å²) in [5.41, 5.74) is 7.45. The largest absolute Gasteiger partial charge is 0.494 e. The van der Waals surface area contributed by atoms with Crippen molar-refractivity contribution >= 4 is 23.1 Å². The molecule has 3 aromatic rings. The number of anilines is 1. The van der Waals surface area contributed by atoms with Crippen LogP contribution in [0.1, 0.15) is 19.8 Å². The molecule has 33 heavy (non-hydrogen) atoms. The van der Waals surface area contributed by atoms with Gasteiger partial charge in [0.25, 0.3) is 0 Å². The molecule has 0 bridgehead atoms. The Morgan fingerprint density at radius 1 is 1.39 bits per heavy atom. The third-order valence-electron chi connectivity index (χ3n) is 5.99. The lowest BCUT2D eigenvalue weighted by Gasteiger charge is -2.27. The van der Waals surface area contributed by atoms with Gasteiger partial charge in [-0.1, -0.05) is 23.4 Å². The summed E-state index contributed by atoms with van der Waals surface area (Å²) in [6, 6.07) is 5.51. The third-order valence-corrected chi connectivity index (χ3v) is 5.99. The molecule has 10 nitrogen and oxygen atoms in total. The number of allylic oxidation sites excluding steroid dienone is 3. The average molecular weight is 450 g/mol. The van der Waals surface area contributed by atoms with E-state index in [4.69, 9.17) is 10.5 Å². The van der Waals surface area contributed by atoms with Crippen molar-refractivity contribution in [3.8, 4) is 17.1 Å². The van der Waals surface area contributed by atoms with Gasteiger partial charge in [-0.05, 0) is 38.1 Å². The highest BCUT2D eigenvalue weighted by molar-refractivity contribution is 5.95. The summed E-state index contributed by atoms with van der Waals surface area (Å²) in [6.45, 7) is 2.23. The first-order valence-electron chi connectivity index (χ1n) is 10.6. The van der Waals surface area contributed by atoms with E-state index in [0.717, 1.165) is 24.5 Å². The fourth-order valence-corrected chi connectivity index (χ4v) is 3.66. The highest BCUT2D eigenvalue weighted by Crippen LogP contribution is 2.40. The number of benzene rings is 1. The Kier molecular flexibility index (Phi) is 6.10. The number of likely N-dealkylation sites (N-methyl/N-ethyl adjacent to an activating group) is 1. The Labute approximate surface area is 191 Å². The second-order valence-electron chi connectivity index (χ2n) is 8.23. The maximum atomic E-state index is 11.6. The van der Waals surface area contributed by atoms with Gasteiger partial charge in [0.2, 0.25) is 5.95 Å². The number of ether oxygens (including phenoxy) is 1. The van der Waals surface area contributed by atoms with Crippen molar-refractivity contribution in [2.24, 2.45) is 0 Å². The van der Waals surface area contributed by atoms with Crippen LogP contribution in [0.4, 0.5) is 5.95 Å². The number of methoxy groups -OCH3 is 1. The molecule has 1 saturated carbocycles. The first-order valence-corrected chi connectivity index (χ1v) is 10.6. The van der Waals surface area contributed by atoms with E-state index in [2.05, 4.69) is 20.3 Å². The lowest BCUT2D eigenvalue weighted by Crippen LogP contribution is -2.37. The molecule has 1 aliphatic rings. The van der Waals surface area contributed by atoms with Crippen molar-refractivity contribution < 1.29 is 14.6 Å². The molecule has 4 rings (SSSR count). The van der Waals surface area contributed by atoms with Gasteiger partial charge >= 0.3 is 0 Å². The molecular formula is C23H27N7O3. The molecule has 1 unspecified atom stereocenters. The minimum absolute atomic E-state index is 0.00782. The van der Waals surface area contributed by atoms with Gasteiger partial charge in [0.15, 0.2) is 0 Å². The number of aromatic nitrogens is 5. The van der Waals surface area contributed by atoms with Crippen molar-refractivity contribution in [1.82, 2.24) is 29.9 Å². The Morgan fingerprint density at radius 3 is 2.88 bits per heavy atom. The van der Waals surface area contributed by atoms with Crippen LogP contribution in [0.5, 0.6) is 5.75 Å². The molecule has 1 aromatic carbocycles. The fraction of sp³-hybridized carbons (Fsp3) is 0.348. The van der Waals surface area contributed by atoms with Crippen LogP contribution < -0.4 is 10.5 Å². The topological polar surface area (TPSA) is 132 Å². The van der Waals surface area contributed by atoms with Crippen LogP contribution in [-0.4, -0.2) is 67.1 Å². The molecule has 0 amide bonds. The number of carbonyl (C=O) groups excluding carboxylic acids is 1. The van der Waals surface area contributed by atoms with E-state index in [9.17, 15) is 9.90 Å². The van der Waals surface area contributed by atoms with Crippen LogP contribution in [0, 0.1) is 0 Å². The van der Waals surface area contributed by atoms with E-state index in [0.29, 0.717) is 28.2 Å². The fourth-order valence-electron chi connectivity index (χ4n) is 3.66. The lowest BCUT2D eigenvalue weighted by atomic mass is 10.1. The second kappa shape index (κ2) is 8.99. The van der Waals surface area contributed by atoms with E-state index >= 15 is 0 Å². The van der Waals surface area contributed by atoms with E-state index in [-0.39, 0.29) is 18.5 Å². The summed E-state index contributed by atoms with van der Waals surface area (Å²) >= 11 is 0. The van der Waals surface area contributed by atoms with Crippen molar-refractivity contribution in [1.29, 1.82) is 0 Å². The lowest BCUT2D eigenvalue weighted by molar-refractivity contribution is -0.105. The zero-order valence-electron chi connectivity index (χ0n) is 18.8. The molecule has 1 fully saturated rings. The van der Waals surface area contributed by atoms with Crippen molar-refractivity contribution in [3.63, 3.8) is 0 Å². The van der Waals surface area contributed by atoms with Crippen LogP contribution in [0.25, 0.3) is 22.3 Å². The van der Waals surface area contributed by atoms with E-state index in [1.165, 1.54) is 0 Å². The monoisotopic (exact) mass is 449 g/mol. The predicted octanol–water partition coefficient (Wildman–Crippen LogP) is 1.96. The second-order valence-corrected chi connectivity index (χ2v) is 8.23. The number of hydrogen-bond acceptors (Lipinski definition) is 9. The minimum atomic E-state index is -0.605. The minimum Gasteiger partial charge on any atom is -0.494 e. The van der Waals surface area contributed by atoms with Crippen molar-refractivity contribution in [2.75, 3.05) is 19.9 Å². The zero-order valence-corrected chi connectivity index (χ0v) is 18.8. The number of hydrogen-bond donors (Lipinski definition) is 2. The summed E-state index contributed by atoms with van der Waals surface area (Å²) in [5, 5.41) is 19.3. The molecule has 0 spiro atoms. The smallest absolute Gasteiger partial charge is 0.221 e. The molecule has 3 N–H and O–H groups in total. The quantitative estimate of drug-likeness (QED) is 0.286. The number of nitrogens with two attached hydrogens (primary N) is 1. The highest BCUT2D eigenvalue weighted by Gasteiger charge is 2.46. The van der Waals surface area contributed by atoms with E-state index in [1.807, 2.05) is 37.2 Å². The number of aldehydes is 1. The number of rotatable bonds is 9. The van der Waals surface area contributed by atoms with Gasteiger partial charge in [-0.15, -0.1) is 5.10 Å². The number of para-hydroxylation sites is 1. The zero-order chi connectivity index (χ0) is 23.6. The number of nitrogen functional groups attached to an aromatic ring is 1. The Bertz CT molecular complexity index is 1230. The average Bonchev–Trinajstić information content (AvgIpc) is 3.39. The molecule has 2 heterocycles. The highest BCUT2D eigenvalue weighted by atomic mass is 16.5. The number of fused-ring (bicyclic) bond motifs is 1. The molecule has 0 aliphatic heterocycles. The van der Waals surface area contributed by atoms with Crippen LogP contribution in [-0.2, 0) is 11.3 Å². The number of nitrogens with zero attached hydrogens (tertiary/aromatic N) is 6. The molecule has 0 radical (unpaired) electrons. The standard InChI is InChI=1S/C23H27N7O3/c1-15(23(32)9-10-23)29(2)11-5-6-16(14-31)12-30-13-18(27-28-30)20-17-7-4-8-19(33-3)21(17)26-22(24)25-20/h4-8,11,13-15,32H,9-10,12H2,1-3H3,(H2,24,25,26)/b11-5-,16-6-. The van der Waals surface area contributed by atoms with Gasteiger partial charge in [0.05, 0.1) is 31.5 Å². The summed E-state index contributed by atoms with van der Waals surface area (Å²) in [6.07, 6.45) is 9.48. The Morgan fingerprint density at radius 2 is 2.18 bits per heavy atom. The van der Waals surface area contributed by atoms with Crippen molar-refractivity contribution in [2.45, 2.75) is 38.0 Å². The molecule has 172 valence electrons. The first-order chi connectivity index (χ1) is 15.8. The third kappa shape index (κ3) is 4.70. The van der Waals surface area contributed by atoms with E-state index in [1.54, 1.807) is 36.2 Å². The predicted molar refractivity (Wildman–Crippen MR) is 124 cm³/mol. The first kappa shape index (κ1) is 22.4. The summed E-state index contributed by atoms with van der Waals surface area (Å²) in [4.78, 5) is 22.2. The van der Waals surface area contributed by atoms with Gasteiger partial charge in [-0.3, -0.25) is 4.79 Å². The van der Waals surface area contributed by atoms with Gasteiger partial charge in [0, 0.05) is 18.0 Å². The van der Waals surface area contributed by atoms with Crippen molar-refractivity contribution in [3.05, 3.63) is 48.3 Å². The van der Waals surface area contributed by atoms with Gasteiger partial charge in [-0.25, -0.2) is 14.6 Å². The molecule has 1 atom stereocenters. The SMILES string of the molecule is COc1cccc2c(-c3cn(C/C(C=O)=C/C=C\N(C)C(C)C4(O)CC4)nn3)nc(N)nc12. The van der Waals surface area contributed by atoms with Crippen LogP contribution in [0.3, 0.4) is 0 Å². The molecular weight excluding hydrogens is 422 g/mol. The van der Waals surface area contributed by atoms with E-state index < -0.39 is 5.60 Å². The maximum absolute atomic E-state index is 11.6. The molecule has 0 saturated heterocycles.